The van der Waals surface area contributed by atoms with Gasteiger partial charge in [-0.1, -0.05) is 22.9 Å². The van der Waals surface area contributed by atoms with Crippen molar-refractivity contribution in [3.05, 3.63) is 28.9 Å². The van der Waals surface area contributed by atoms with Gasteiger partial charge in [-0.15, -0.1) is 0 Å². The average molecular weight is 294 g/mol. The van der Waals surface area contributed by atoms with Crippen LogP contribution in [0.5, 0.6) is 0 Å². The zero-order chi connectivity index (χ0) is 12.3. The van der Waals surface area contributed by atoms with Crippen LogP contribution in [-0.2, 0) is 0 Å². The molecule has 1 aromatic carbocycles. The molecule has 0 aliphatic carbocycles. The summed E-state index contributed by atoms with van der Waals surface area (Å²) in [6.45, 7) is 6.24. The maximum absolute atomic E-state index is 4.60. The van der Waals surface area contributed by atoms with Crippen LogP contribution in [0, 0.1) is 0 Å². The molecule has 0 aliphatic rings. The zero-order valence-corrected chi connectivity index (χ0v) is 11.7. The highest BCUT2D eigenvalue weighted by atomic mass is 79.9. The molecule has 0 aliphatic heterocycles. The highest BCUT2D eigenvalue weighted by Crippen LogP contribution is 2.19. The number of nitrogens with zero attached hydrogens (tertiary/aromatic N) is 3. The summed E-state index contributed by atoms with van der Waals surface area (Å²) >= 11 is 3.45. The lowest BCUT2D eigenvalue weighted by molar-refractivity contribution is 0.765. The molecule has 4 heteroatoms. The maximum atomic E-state index is 4.60. The average Bonchev–Trinajstić information content (AvgIpc) is 2.35. The van der Waals surface area contributed by atoms with E-state index >= 15 is 0 Å². The van der Waals surface area contributed by atoms with E-state index in [2.05, 4.69) is 44.6 Å². The van der Waals surface area contributed by atoms with Crippen LogP contribution in [0.2, 0.25) is 0 Å². The molecule has 0 saturated carbocycles. The molecule has 0 spiro atoms. The van der Waals surface area contributed by atoms with Crippen LogP contribution < -0.4 is 4.90 Å². The molecule has 17 heavy (non-hydrogen) atoms. The Balaban J connectivity index is 2.40. The Hall–Kier alpha value is -1.16. The number of hydrogen-bond donors (Lipinski definition) is 0. The third-order valence-electron chi connectivity index (χ3n) is 2.69. The number of aromatic nitrogens is 2. The fourth-order valence-corrected chi connectivity index (χ4v) is 2.20. The van der Waals surface area contributed by atoms with Gasteiger partial charge >= 0.3 is 0 Å². The van der Waals surface area contributed by atoms with E-state index in [-0.39, 0.29) is 0 Å². The number of benzene rings is 1. The van der Waals surface area contributed by atoms with Gasteiger partial charge in [-0.2, -0.15) is 0 Å². The summed E-state index contributed by atoms with van der Waals surface area (Å²) in [7, 11) is 0. The normalized spacial score (nSPS) is 10.8. The minimum atomic E-state index is 0.823. The van der Waals surface area contributed by atoms with Crippen molar-refractivity contribution in [1.82, 2.24) is 9.97 Å². The summed E-state index contributed by atoms with van der Waals surface area (Å²) in [6, 6.07) is 6.06. The Kier molecular flexibility index (Phi) is 3.94. The van der Waals surface area contributed by atoms with Gasteiger partial charge in [-0.25, -0.2) is 9.97 Å². The van der Waals surface area contributed by atoms with Crippen molar-refractivity contribution in [2.45, 2.75) is 20.3 Å². The summed E-state index contributed by atoms with van der Waals surface area (Å²) in [5.74, 6) is 0.823. The third kappa shape index (κ3) is 2.75. The lowest BCUT2D eigenvalue weighted by atomic mass is 10.2. The van der Waals surface area contributed by atoms with Crippen LogP contribution in [0.15, 0.2) is 28.9 Å². The standard InChI is InChI=1S/C13H16BrN3/c1-3-7-17(4-2)13-15-9-10-8-11(14)5-6-12(10)16-13/h5-6,8-9H,3-4,7H2,1-2H3. The lowest BCUT2D eigenvalue weighted by Crippen LogP contribution is -2.25. The third-order valence-corrected chi connectivity index (χ3v) is 3.18. The molecule has 0 fully saturated rings. The lowest BCUT2D eigenvalue weighted by Gasteiger charge is -2.19. The molecule has 0 radical (unpaired) electrons. The summed E-state index contributed by atoms with van der Waals surface area (Å²) in [4.78, 5) is 11.2. The predicted octanol–water partition coefficient (Wildman–Crippen LogP) is 3.63. The van der Waals surface area contributed by atoms with Gasteiger partial charge in [0, 0.05) is 29.1 Å². The molecule has 2 aromatic rings. The second kappa shape index (κ2) is 5.45. The van der Waals surface area contributed by atoms with Gasteiger partial charge in [0.25, 0.3) is 0 Å². The van der Waals surface area contributed by atoms with E-state index in [9.17, 15) is 0 Å². The van der Waals surface area contributed by atoms with Crippen molar-refractivity contribution in [3.63, 3.8) is 0 Å². The smallest absolute Gasteiger partial charge is 0.225 e. The van der Waals surface area contributed by atoms with Crippen molar-refractivity contribution in [1.29, 1.82) is 0 Å². The molecule has 3 nitrogen and oxygen atoms in total. The molecule has 0 unspecified atom stereocenters. The van der Waals surface area contributed by atoms with E-state index < -0.39 is 0 Å². The van der Waals surface area contributed by atoms with Gasteiger partial charge in [0.1, 0.15) is 0 Å². The van der Waals surface area contributed by atoms with Crippen molar-refractivity contribution in [3.8, 4) is 0 Å². The van der Waals surface area contributed by atoms with Crippen molar-refractivity contribution >= 4 is 32.8 Å². The Morgan fingerprint density at radius 1 is 1.29 bits per heavy atom. The molecular weight excluding hydrogens is 278 g/mol. The molecular formula is C13H16BrN3. The van der Waals surface area contributed by atoms with Gasteiger partial charge in [-0.3, -0.25) is 0 Å². The van der Waals surface area contributed by atoms with Crippen LogP contribution in [0.3, 0.4) is 0 Å². The molecule has 0 saturated heterocycles. The summed E-state index contributed by atoms with van der Waals surface area (Å²) in [6.07, 6.45) is 3.00. The van der Waals surface area contributed by atoms with E-state index in [4.69, 9.17) is 0 Å². The summed E-state index contributed by atoms with van der Waals surface area (Å²) < 4.78 is 1.06. The van der Waals surface area contributed by atoms with Gasteiger partial charge < -0.3 is 4.90 Å². The Morgan fingerprint density at radius 2 is 2.12 bits per heavy atom. The number of halogens is 1. The van der Waals surface area contributed by atoms with Crippen molar-refractivity contribution in [2.24, 2.45) is 0 Å². The first kappa shape index (κ1) is 12.3. The van der Waals surface area contributed by atoms with Gasteiger partial charge in [0.05, 0.1) is 5.52 Å². The van der Waals surface area contributed by atoms with E-state index in [1.807, 2.05) is 24.4 Å². The molecule has 90 valence electrons. The molecule has 0 amide bonds. The molecule has 0 N–H and O–H groups in total. The Bertz CT molecular complexity index is 513. The maximum Gasteiger partial charge on any atom is 0.225 e. The van der Waals surface area contributed by atoms with E-state index in [1.54, 1.807) is 0 Å². The highest BCUT2D eigenvalue weighted by Gasteiger charge is 2.07. The SMILES string of the molecule is CCCN(CC)c1ncc2cc(Br)ccc2n1. The van der Waals surface area contributed by atoms with E-state index in [0.29, 0.717) is 0 Å². The Morgan fingerprint density at radius 3 is 2.82 bits per heavy atom. The largest absolute Gasteiger partial charge is 0.341 e. The summed E-state index contributed by atoms with van der Waals surface area (Å²) in [5.41, 5.74) is 0.993. The van der Waals surface area contributed by atoms with Gasteiger partial charge in [0.15, 0.2) is 0 Å². The van der Waals surface area contributed by atoms with E-state index in [1.165, 1.54) is 0 Å². The minimum Gasteiger partial charge on any atom is -0.341 e. The van der Waals surface area contributed by atoms with Crippen molar-refractivity contribution < 1.29 is 0 Å². The molecule has 2 rings (SSSR count). The van der Waals surface area contributed by atoms with E-state index in [0.717, 1.165) is 40.8 Å². The number of rotatable bonds is 4. The second-order valence-corrected chi connectivity index (χ2v) is 4.87. The molecule has 1 aromatic heterocycles. The second-order valence-electron chi connectivity index (χ2n) is 3.95. The highest BCUT2D eigenvalue weighted by molar-refractivity contribution is 9.10. The first-order chi connectivity index (χ1) is 8.24. The van der Waals surface area contributed by atoms with Crippen LogP contribution in [0.4, 0.5) is 5.95 Å². The monoisotopic (exact) mass is 293 g/mol. The predicted molar refractivity (Wildman–Crippen MR) is 75.4 cm³/mol. The fourth-order valence-electron chi connectivity index (χ4n) is 1.82. The number of anilines is 1. The topological polar surface area (TPSA) is 29.0 Å². The van der Waals surface area contributed by atoms with Crippen LogP contribution in [-0.4, -0.2) is 23.1 Å². The summed E-state index contributed by atoms with van der Waals surface area (Å²) in [5, 5.41) is 1.07. The quantitative estimate of drug-likeness (QED) is 0.862. The molecule has 1 heterocycles. The first-order valence-corrected chi connectivity index (χ1v) is 6.71. The fraction of sp³-hybridized carbons (Fsp3) is 0.385. The Labute approximate surface area is 110 Å². The number of hydrogen-bond acceptors (Lipinski definition) is 3. The number of fused-ring (bicyclic) bond motifs is 1. The first-order valence-electron chi connectivity index (χ1n) is 5.91. The van der Waals surface area contributed by atoms with Crippen molar-refractivity contribution in [2.75, 3.05) is 18.0 Å². The minimum absolute atomic E-state index is 0.823. The zero-order valence-electron chi connectivity index (χ0n) is 10.2. The van der Waals surface area contributed by atoms with Crippen LogP contribution in [0.25, 0.3) is 10.9 Å². The molecule has 0 atom stereocenters. The van der Waals surface area contributed by atoms with Gasteiger partial charge in [-0.05, 0) is 31.5 Å². The van der Waals surface area contributed by atoms with Gasteiger partial charge in [0.2, 0.25) is 5.95 Å². The molecule has 0 bridgehead atoms. The van der Waals surface area contributed by atoms with Crippen LogP contribution >= 0.6 is 15.9 Å². The van der Waals surface area contributed by atoms with Crippen LogP contribution in [0.1, 0.15) is 20.3 Å².